The molecule has 1 aromatic carbocycles. The molecule has 26 heavy (non-hydrogen) atoms. The van der Waals surface area contributed by atoms with Crippen molar-refractivity contribution in [3.8, 4) is 5.75 Å². The molecule has 0 aliphatic carbocycles. The van der Waals surface area contributed by atoms with Crippen LogP contribution >= 0.6 is 0 Å². The van der Waals surface area contributed by atoms with Gasteiger partial charge in [-0.3, -0.25) is 9.48 Å². The molecule has 0 fully saturated rings. The van der Waals surface area contributed by atoms with E-state index in [0.29, 0.717) is 18.8 Å². The fourth-order valence-corrected chi connectivity index (χ4v) is 3.34. The quantitative estimate of drug-likeness (QED) is 0.799. The Morgan fingerprint density at radius 2 is 2.04 bits per heavy atom. The van der Waals surface area contributed by atoms with Crippen molar-refractivity contribution in [3.05, 3.63) is 47.8 Å². The number of hydrogen-bond donors (Lipinski definition) is 1. The minimum absolute atomic E-state index is 0.0660. The van der Waals surface area contributed by atoms with E-state index in [1.54, 1.807) is 15.8 Å². The molecule has 1 amide bonds. The van der Waals surface area contributed by atoms with Crippen molar-refractivity contribution < 1.29 is 17.9 Å². The van der Waals surface area contributed by atoms with Crippen LogP contribution < -0.4 is 9.46 Å². The maximum absolute atomic E-state index is 12.5. The molecule has 0 bridgehead atoms. The maximum atomic E-state index is 12.5. The summed E-state index contributed by atoms with van der Waals surface area (Å²) in [6, 6.07) is 9.07. The van der Waals surface area contributed by atoms with E-state index >= 15 is 0 Å². The van der Waals surface area contributed by atoms with Crippen LogP contribution in [0.3, 0.4) is 0 Å². The summed E-state index contributed by atoms with van der Waals surface area (Å²) in [7, 11) is -3.32. The van der Waals surface area contributed by atoms with Crippen LogP contribution in [0.25, 0.3) is 0 Å². The van der Waals surface area contributed by atoms with Gasteiger partial charge in [0.1, 0.15) is 5.75 Å². The minimum atomic E-state index is -3.32. The number of nitrogens with zero attached hydrogens (tertiary/aromatic N) is 3. The van der Waals surface area contributed by atoms with Gasteiger partial charge in [-0.05, 0) is 25.1 Å². The van der Waals surface area contributed by atoms with E-state index < -0.39 is 10.0 Å². The molecule has 1 N–H and O–H groups in total. The largest absolute Gasteiger partial charge is 0.484 e. The molecule has 0 spiro atoms. The zero-order valence-corrected chi connectivity index (χ0v) is 15.6. The van der Waals surface area contributed by atoms with Gasteiger partial charge in [0.2, 0.25) is 10.0 Å². The highest BCUT2D eigenvalue weighted by Gasteiger charge is 2.29. The summed E-state index contributed by atoms with van der Waals surface area (Å²) in [6.45, 7) is 2.88. The monoisotopic (exact) mass is 378 g/mol. The summed E-state index contributed by atoms with van der Waals surface area (Å²) < 4.78 is 32.6. The average Bonchev–Trinajstić information content (AvgIpc) is 3.06. The second-order valence-electron chi connectivity index (χ2n) is 6.42. The van der Waals surface area contributed by atoms with Gasteiger partial charge in [0, 0.05) is 19.3 Å². The van der Waals surface area contributed by atoms with Gasteiger partial charge in [0.05, 0.1) is 24.5 Å². The minimum Gasteiger partial charge on any atom is -0.484 e. The molecule has 3 rings (SSSR count). The molecular weight excluding hydrogens is 356 g/mol. The van der Waals surface area contributed by atoms with Crippen LogP contribution in [0, 0.1) is 6.92 Å². The highest BCUT2D eigenvalue weighted by atomic mass is 32.2. The Bertz CT molecular complexity index is 876. The number of carbonyl (C=O) groups excluding carboxylic acids is 1. The van der Waals surface area contributed by atoms with Crippen LogP contribution in [-0.2, 0) is 21.4 Å². The second-order valence-corrected chi connectivity index (χ2v) is 8.25. The van der Waals surface area contributed by atoms with Crippen LogP contribution in [0.4, 0.5) is 0 Å². The normalized spacial score (nSPS) is 17.0. The predicted molar refractivity (Wildman–Crippen MR) is 96.2 cm³/mol. The van der Waals surface area contributed by atoms with Gasteiger partial charge >= 0.3 is 0 Å². The molecular formula is C17H22N4O4S. The second kappa shape index (κ2) is 7.46. The first kappa shape index (κ1) is 18.4. The number of sulfonamides is 1. The average molecular weight is 378 g/mol. The van der Waals surface area contributed by atoms with E-state index in [4.69, 9.17) is 4.74 Å². The molecule has 9 heteroatoms. The number of nitrogens with one attached hydrogen (secondary N) is 1. The molecule has 0 radical (unpaired) electrons. The van der Waals surface area contributed by atoms with E-state index in [-0.39, 0.29) is 25.1 Å². The van der Waals surface area contributed by atoms with Gasteiger partial charge in [-0.1, -0.05) is 17.7 Å². The summed E-state index contributed by atoms with van der Waals surface area (Å²) >= 11 is 0. The molecule has 1 atom stereocenters. The Balaban J connectivity index is 1.64. The van der Waals surface area contributed by atoms with Crippen molar-refractivity contribution in [1.82, 2.24) is 19.4 Å². The highest BCUT2D eigenvalue weighted by molar-refractivity contribution is 7.88. The summed E-state index contributed by atoms with van der Waals surface area (Å²) in [5.74, 6) is 0.490. The third-order valence-corrected chi connectivity index (χ3v) is 4.89. The van der Waals surface area contributed by atoms with Crippen LogP contribution in [0.15, 0.2) is 36.5 Å². The number of aryl methyl sites for hydroxylation is 1. The summed E-state index contributed by atoms with van der Waals surface area (Å²) in [4.78, 5) is 14.2. The van der Waals surface area contributed by atoms with Crippen LogP contribution in [0.2, 0.25) is 0 Å². The van der Waals surface area contributed by atoms with Crippen molar-refractivity contribution in [2.24, 2.45) is 0 Å². The number of hydrogen-bond acceptors (Lipinski definition) is 5. The molecule has 2 heterocycles. The molecule has 1 aliphatic rings. The lowest BCUT2D eigenvalue weighted by atomic mass is 10.2. The number of fused-ring (bicyclic) bond motifs is 1. The van der Waals surface area contributed by atoms with Gasteiger partial charge in [0.25, 0.3) is 5.91 Å². The molecule has 1 unspecified atom stereocenters. The molecule has 0 saturated carbocycles. The number of ether oxygens (including phenoxy) is 1. The lowest BCUT2D eigenvalue weighted by Gasteiger charge is -2.33. The highest BCUT2D eigenvalue weighted by Crippen LogP contribution is 2.20. The van der Waals surface area contributed by atoms with Crippen molar-refractivity contribution >= 4 is 15.9 Å². The van der Waals surface area contributed by atoms with Crippen molar-refractivity contribution in [1.29, 1.82) is 0 Å². The number of aromatic nitrogens is 2. The van der Waals surface area contributed by atoms with Crippen molar-refractivity contribution in [2.75, 3.05) is 26.0 Å². The van der Waals surface area contributed by atoms with E-state index in [2.05, 4.69) is 9.82 Å². The van der Waals surface area contributed by atoms with Gasteiger partial charge in [-0.25, -0.2) is 13.1 Å². The first-order chi connectivity index (χ1) is 12.3. The van der Waals surface area contributed by atoms with Crippen LogP contribution in [0.5, 0.6) is 5.75 Å². The van der Waals surface area contributed by atoms with Crippen molar-refractivity contribution in [2.45, 2.75) is 19.5 Å². The smallest absolute Gasteiger partial charge is 0.260 e. The fourth-order valence-electron chi connectivity index (χ4n) is 2.85. The standard InChI is InChI=1S/C17H22N4O4S/c1-13-3-5-16(6-4-13)25-12-17(22)20-10-14-7-8-18-21(14)15(11-20)9-19-26(2,23)24/h3-8,15,19H,9-12H2,1-2H3. The lowest BCUT2D eigenvalue weighted by Crippen LogP contribution is -2.46. The van der Waals surface area contributed by atoms with Gasteiger partial charge in [-0.15, -0.1) is 0 Å². The molecule has 1 aromatic heterocycles. The van der Waals surface area contributed by atoms with E-state index in [1.807, 2.05) is 37.3 Å². The van der Waals surface area contributed by atoms with Gasteiger partial charge in [-0.2, -0.15) is 5.10 Å². The maximum Gasteiger partial charge on any atom is 0.260 e. The molecule has 8 nitrogen and oxygen atoms in total. The Labute approximate surface area is 152 Å². The van der Waals surface area contributed by atoms with Crippen LogP contribution in [-0.4, -0.2) is 55.0 Å². The van der Waals surface area contributed by atoms with Crippen LogP contribution in [0.1, 0.15) is 17.3 Å². The molecule has 2 aromatic rings. The first-order valence-electron chi connectivity index (χ1n) is 8.26. The predicted octanol–water partition coefficient (Wildman–Crippen LogP) is 0.703. The summed E-state index contributed by atoms with van der Waals surface area (Å²) in [5.41, 5.74) is 1.98. The van der Waals surface area contributed by atoms with Gasteiger partial charge < -0.3 is 9.64 Å². The number of rotatable bonds is 6. The summed E-state index contributed by atoms with van der Waals surface area (Å²) in [5, 5.41) is 4.25. The topological polar surface area (TPSA) is 93.5 Å². The zero-order chi connectivity index (χ0) is 18.7. The molecule has 0 saturated heterocycles. The van der Waals surface area contributed by atoms with E-state index in [9.17, 15) is 13.2 Å². The third kappa shape index (κ3) is 4.61. The Kier molecular flexibility index (Phi) is 5.28. The molecule has 1 aliphatic heterocycles. The fraction of sp³-hybridized carbons (Fsp3) is 0.412. The number of benzene rings is 1. The van der Waals surface area contributed by atoms with E-state index in [1.165, 1.54) is 0 Å². The van der Waals surface area contributed by atoms with Gasteiger partial charge in [0.15, 0.2) is 6.61 Å². The number of carbonyl (C=O) groups is 1. The van der Waals surface area contributed by atoms with E-state index in [0.717, 1.165) is 17.5 Å². The van der Waals surface area contributed by atoms with Crippen molar-refractivity contribution in [3.63, 3.8) is 0 Å². The Morgan fingerprint density at radius 1 is 1.31 bits per heavy atom. The first-order valence-corrected chi connectivity index (χ1v) is 10.2. The third-order valence-electron chi connectivity index (χ3n) is 4.20. The summed E-state index contributed by atoms with van der Waals surface area (Å²) in [6.07, 6.45) is 2.76. The SMILES string of the molecule is Cc1ccc(OCC(=O)N2Cc3ccnn3C(CNS(C)(=O)=O)C2)cc1. The molecule has 140 valence electrons. The Morgan fingerprint density at radius 3 is 2.73 bits per heavy atom. The lowest BCUT2D eigenvalue weighted by molar-refractivity contribution is -0.135. The zero-order valence-electron chi connectivity index (χ0n) is 14.8. The Hall–Kier alpha value is -2.39. The number of amides is 1.